The van der Waals surface area contributed by atoms with Gasteiger partial charge in [0.05, 0.1) is 17.9 Å². The predicted molar refractivity (Wildman–Crippen MR) is 136 cm³/mol. The molecule has 0 amide bonds. The van der Waals surface area contributed by atoms with Crippen molar-refractivity contribution in [3.63, 3.8) is 0 Å². The Kier molecular flexibility index (Phi) is 22.1. The van der Waals surface area contributed by atoms with Crippen LogP contribution in [0.15, 0.2) is 23.7 Å². The van der Waals surface area contributed by atoms with Crippen LogP contribution in [0.4, 0.5) is 0 Å². The lowest BCUT2D eigenvalue weighted by Crippen LogP contribution is -2.05. The number of aliphatic hydroxyl groups is 1. The Morgan fingerprint density at radius 2 is 0.970 bits per heavy atom. The Morgan fingerprint density at radius 3 is 1.39 bits per heavy atom. The molecular weight excluding hydrogens is 416 g/mol. The van der Waals surface area contributed by atoms with Gasteiger partial charge in [0.15, 0.2) is 0 Å². The Bertz CT molecular complexity index is 550. The number of aliphatic carboxylic acids is 1. The van der Waals surface area contributed by atoms with E-state index in [9.17, 15) is 14.7 Å². The molecule has 33 heavy (non-hydrogen) atoms. The van der Waals surface area contributed by atoms with Gasteiger partial charge in [-0.15, -0.1) is 0 Å². The van der Waals surface area contributed by atoms with E-state index in [1.165, 1.54) is 77.0 Å². The Labute approximate surface area is 202 Å². The maximum Gasteiger partial charge on any atom is 0.339 e. The van der Waals surface area contributed by atoms with E-state index in [0.29, 0.717) is 12.8 Å². The quantitative estimate of drug-likeness (QED) is 0.0680. The number of aliphatic hydroxyl groups excluding tert-OH is 1. The summed E-state index contributed by atoms with van der Waals surface area (Å²) in [6, 6.07) is 0. The largest absolute Gasteiger partial charge is 0.512 e. The van der Waals surface area contributed by atoms with Crippen LogP contribution in [0.25, 0.3) is 0 Å². The van der Waals surface area contributed by atoms with Gasteiger partial charge in [-0.05, 0) is 12.8 Å². The minimum Gasteiger partial charge on any atom is -0.512 e. The molecule has 2 N–H and O–H groups in total. The van der Waals surface area contributed by atoms with Gasteiger partial charge in [0, 0.05) is 12.8 Å². The fraction of sp³-hybridized carbons (Fsp3) is 0.786. The number of hydrogen-bond acceptors (Lipinski definition) is 4. The average Bonchev–Trinajstić information content (AvgIpc) is 2.76. The number of esters is 1. The lowest BCUT2D eigenvalue weighted by molar-refractivity contribution is -0.134. The number of ether oxygens (including phenoxy) is 1. The van der Waals surface area contributed by atoms with Crippen molar-refractivity contribution < 1.29 is 24.5 Å². The molecule has 0 aliphatic rings. The number of carbonyl (C=O) groups is 2. The molecule has 192 valence electrons. The first-order valence-corrected chi connectivity index (χ1v) is 13.5. The molecule has 0 fully saturated rings. The third-order valence-corrected chi connectivity index (χ3v) is 5.86. The van der Waals surface area contributed by atoms with Crippen LogP contribution >= 0.6 is 0 Å². The molecule has 0 aromatic heterocycles. The highest BCUT2D eigenvalue weighted by Crippen LogP contribution is 2.16. The second kappa shape index (κ2) is 23.4. The third-order valence-electron chi connectivity index (χ3n) is 5.86. The van der Waals surface area contributed by atoms with Gasteiger partial charge in [-0.1, -0.05) is 117 Å². The van der Waals surface area contributed by atoms with Crippen LogP contribution < -0.4 is 0 Å². The Balaban J connectivity index is 4.01. The number of carboxylic acid groups (broad SMARTS) is 1. The van der Waals surface area contributed by atoms with E-state index in [1.54, 1.807) is 0 Å². The highest BCUT2D eigenvalue weighted by molar-refractivity contribution is 5.85. The molecule has 5 nitrogen and oxygen atoms in total. The van der Waals surface area contributed by atoms with Crippen LogP contribution in [0.5, 0.6) is 0 Å². The zero-order valence-corrected chi connectivity index (χ0v) is 21.4. The molecular formula is C28H50O5. The van der Waals surface area contributed by atoms with Crippen molar-refractivity contribution >= 4 is 11.9 Å². The predicted octanol–water partition coefficient (Wildman–Crippen LogP) is 8.78. The molecule has 0 aromatic rings. The molecule has 0 heterocycles. The van der Waals surface area contributed by atoms with Crippen LogP contribution in [0.2, 0.25) is 0 Å². The molecule has 0 rings (SSSR count). The van der Waals surface area contributed by atoms with Crippen molar-refractivity contribution in [1.29, 1.82) is 0 Å². The van der Waals surface area contributed by atoms with Crippen LogP contribution in [-0.2, 0) is 14.3 Å². The Morgan fingerprint density at radius 1 is 0.576 bits per heavy atom. The first-order chi connectivity index (χ1) is 16.0. The maximum atomic E-state index is 12.1. The standard InChI is InChI=1S/C28H50O5/c1-3-5-7-9-11-12-13-14-16-17-19-21-25(29)23-28(32)33-26(24-27(30)31)22-20-18-15-10-8-6-4-2/h23-24,29H,3-22H2,1-2H3,(H,30,31). The fourth-order valence-corrected chi connectivity index (χ4v) is 3.88. The van der Waals surface area contributed by atoms with Gasteiger partial charge in [-0.2, -0.15) is 0 Å². The first-order valence-electron chi connectivity index (χ1n) is 13.5. The summed E-state index contributed by atoms with van der Waals surface area (Å²) in [4.78, 5) is 23.1. The van der Waals surface area contributed by atoms with Crippen molar-refractivity contribution in [2.75, 3.05) is 0 Å². The molecule has 0 aromatic carbocycles. The summed E-state index contributed by atoms with van der Waals surface area (Å²) in [6.07, 6.45) is 24.1. The smallest absolute Gasteiger partial charge is 0.339 e. The van der Waals surface area contributed by atoms with E-state index in [0.717, 1.165) is 50.7 Å². The summed E-state index contributed by atoms with van der Waals surface area (Å²) >= 11 is 0. The zero-order chi connectivity index (χ0) is 24.6. The molecule has 0 saturated heterocycles. The molecule has 0 radical (unpaired) electrons. The minimum atomic E-state index is -1.13. The summed E-state index contributed by atoms with van der Waals surface area (Å²) in [5.41, 5.74) is 0. The second-order valence-corrected chi connectivity index (χ2v) is 9.16. The van der Waals surface area contributed by atoms with Gasteiger partial charge in [0.25, 0.3) is 0 Å². The van der Waals surface area contributed by atoms with Crippen molar-refractivity contribution in [3.8, 4) is 0 Å². The van der Waals surface area contributed by atoms with Gasteiger partial charge in [-0.25, -0.2) is 9.59 Å². The second-order valence-electron chi connectivity index (χ2n) is 9.16. The molecule has 0 atom stereocenters. The summed E-state index contributed by atoms with van der Waals surface area (Å²) in [5.74, 6) is -1.68. The molecule has 0 spiro atoms. The summed E-state index contributed by atoms with van der Waals surface area (Å²) in [6.45, 7) is 4.42. The first kappa shape index (κ1) is 31.2. The molecule has 0 aliphatic carbocycles. The minimum absolute atomic E-state index is 0.00141. The summed E-state index contributed by atoms with van der Waals surface area (Å²) in [5, 5.41) is 19.0. The van der Waals surface area contributed by atoms with Crippen molar-refractivity contribution in [2.24, 2.45) is 0 Å². The SMILES string of the molecule is CCCCCCCCCCCCCC(O)=CC(=O)OC(=CC(=O)O)CCCCCCCCC. The maximum absolute atomic E-state index is 12.1. The fourth-order valence-electron chi connectivity index (χ4n) is 3.88. The molecule has 0 bridgehead atoms. The molecule has 0 aliphatic heterocycles. The number of carbonyl (C=O) groups excluding carboxylic acids is 1. The molecule has 0 saturated carbocycles. The van der Waals surface area contributed by atoms with Gasteiger partial charge < -0.3 is 14.9 Å². The number of rotatable bonds is 23. The number of hydrogen-bond donors (Lipinski definition) is 2. The van der Waals surface area contributed by atoms with Gasteiger partial charge in [-0.3, -0.25) is 0 Å². The van der Waals surface area contributed by atoms with Crippen LogP contribution in [0, 0.1) is 0 Å². The summed E-state index contributed by atoms with van der Waals surface area (Å²) in [7, 11) is 0. The van der Waals surface area contributed by atoms with Gasteiger partial charge in [0.2, 0.25) is 0 Å². The van der Waals surface area contributed by atoms with Crippen LogP contribution in [0.3, 0.4) is 0 Å². The van der Waals surface area contributed by atoms with E-state index in [2.05, 4.69) is 13.8 Å². The van der Waals surface area contributed by atoms with E-state index >= 15 is 0 Å². The third kappa shape index (κ3) is 23.2. The highest BCUT2D eigenvalue weighted by atomic mass is 16.5. The lowest BCUT2D eigenvalue weighted by Gasteiger charge is -2.07. The zero-order valence-electron chi connectivity index (χ0n) is 21.4. The van der Waals surface area contributed by atoms with E-state index in [4.69, 9.17) is 9.84 Å². The van der Waals surface area contributed by atoms with Gasteiger partial charge >= 0.3 is 11.9 Å². The lowest BCUT2D eigenvalue weighted by atomic mass is 10.0. The highest BCUT2D eigenvalue weighted by Gasteiger charge is 2.09. The van der Waals surface area contributed by atoms with E-state index in [1.807, 2.05) is 0 Å². The topological polar surface area (TPSA) is 83.8 Å². The number of unbranched alkanes of at least 4 members (excludes halogenated alkanes) is 16. The normalized spacial score (nSPS) is 12.2. The Hall–Kier alpha value is -1.78. The van der Waals surface area contributed by atoms with E-state index in [-0.39, 0.29) is 11.5 Å². The van der Waals surface area contributed by atoms with E-state index < -0.39 is 11.9 Å². The summed E-state index contributed by atoms with van der Waals surface area (Å²) < 4.78 is 5.19. The number of carboxylic acids is 1. The van der Waals surface area contributed by atoms with Crippen LogP contribution in [-0.4, -0.2) is 22.2 Å². The van der Waals surface area contributed by atoms with Crippen molar-refractivity contribution in [1.82, 2.24) is 0 Å². The average molecular weight is 467 g/mol. The molecule has 5 heteroatoms. The van der Waals surface area contributed by atoms with Gasteiger partial charge in [0.1, 0.15) is 5.76 Å². The number of allylic oxidation sites excluding steroid dienone is 2. The van der Waals surface area contributed by atoms with Crippen molar-refractivity contribution in [3.05, 3.63) is 23.7 Å². The molecule has 0 unspecified atom stereocenters. The van der Waals surface area contributed by atoms with Crippen LogP contribution in [0.1, 0.15) is 142 Å². The monoisotopic (exact) mass is 466 g/mol. The van der Waals surface area contributed by atoms with Crippen molar-refractivity contribution in [2.45, 2.75) is 142 Å².